The maximum Gasteiger partial charge on any atom is 0.337 e. The molecule has 0 radical (unpaired) electrons. The van der Waals surface area contributed by atoms with Crippen LogP contribution in [0.25, 0.3) is 0 Å². The second kappa shape index (κ2) is 8.94. The second-order valence-electron chi connectivity index (χ2n) is 7.31. The van der Waals surface area contributed by atoms with E-state index in [4.69, 9.17) is 23.7 Å². The molecule has 2 unspecified atom stereocenters. The van der Waals surface area contributed by atoms with Crippen molar-refractivity contribution in [2.45, 2.75) is 62.9 Å². The van der Waals surface area contributed by atoms with Crippen molar-refractivity contribution in [3.05, 3.63) is 11.8 Å². The summed E-state index contributed by atoms with van der Waals surface area (Å²) in [6.45, 7) is 0.659. The molecule has 0 aromatic rings. The first-order chi connectivity index (χ1) is 13.8. The fourth-order valence-corrected chi connectivity index (χ4v) is 4.14. The molecule has 2 heterocycles. The third-order valence-electron chi connectivity index (χ3n) is 5.55. The van der Waals surface area contributed by atoms with E-state index >= 15 is 0 Å². The van der Waals surface area contributed by atoms with Gasteiger partial charge in [0, 0.05) is 12.8 Å². The van der Waals surface area contributed by atoms with Crippen molar-refractivity contribution in [2.75, 3.05) is 13.7 Å². The lowest BCUT2D eigenvalue weighted by atomic mass is 9.86. The van der Waals surface area contributed by atoms with Crippen LogP contribution in [0.4, 0.5) is 0 Å². The summed E-state index contributed by atoms with van der Waals surface area (Å²) < 4.78 is 26.8. The van der Waals surface area contributed by atoms with Crippen LogP contribution in [0.2, 0.25) is 0 Å². The quantitative estimate of drug-likeness (QED) is 0.372. The predicted octanol–water partition coefficient (Wildman–Crippen LogP) is -1.83. The molecule has 11 nitrogen and oxygen atoms in total. The zero-order valence-corrected chi connectivity index (χ0v) is 16.0. The van der Waals surface area contributed by atoms with Gasteiger partial charge in [0.05, 0.1) is 31.5 Å². The number of hydrogen-bond acceptors (Lipinski definition) is 11. The van der Waals surface area contributed by atoms with Gasteiger partial charge in [-0.3, -0.25) is 4.79 Å². The van der Waals surface area contributed by atoms with E-state index in [2.05, 4.69) is 0 Å². The Balaban J connectivity index is 1.82. The van der Waals surface area contributed by atoms with Crippen molar-refractivity contribution >= 4 is 11.9 Å². The highest BCUT2D eigenvalue weighted by Crippen LogP contribution is 2.45. The molecule has 3 aliphatic rings. The van der Waals surface area contributed by atoms with Crippen LogP contribution in [-0.2, 0) is 33.3 Å². The van der Waals surface area contributed by atoms with Gasteiger partial charge in [0.15, 0.2) is 6.29 Å². The summed E-state index contributed by atoms with van der Waals surface area (Å²) in [5.74, 6) is -2.05. The Morgan fingerprint density at radius 3 is 2.48 bits per heavy atom. The van der Waals surface area contributed by atoms with Crippen LogP contribution in [0.5, 0.6) is 0 Å². The minimum atomic E-state index is -1.62. The molecule has 9 atom stereocenters. The molecular weight excluding hydrogens is 392 g/mol. The van der Waals surface area contributed by atoms with Crippen LogP contribution in [0.3, 0.4) is 0 Å². The van der Waals surface area contributed by atoms with Crippen molar-refractivity contribution in [1.82, 2.24) is 0 Å². The predicted molar refractivity (Wildman–Crippen MR) is 91.6 cm³/mol. The molecule has 0 amide bonds. The molecule has 11 heteroatoms. The number of carbonyl (C=O) groups is 2. The molecule has 3 rings (SSSR count). The van der Waals surface area contributed by atoms with E-state index in [0.29, 0.717) is 12.8 Å². The first kappa shape index (κ1) is 21.9. The van der Waals surface area contributed by atoms with Gasteiger partial charge < -0.3 is 44.1 Å². The van der Waals surface area contributed by atoms with Crippen LogP contribution in [0, 0.1) is 11.8 Å². The van der Waals surface area contributed by atoms with Crippen molar-refractivity contribution < 1.29 is 53.7 Å². The lowest BCUT2D eigenvalue weighted by molar-refractivity contribution is -0.343. The molecule has 164 valence electrons. The van der Waals surface area contributed by atoms with Crippen molar-refractivity contribution in [3.63, 3.8) is 0 Å². The summed E-state index contributed by atoms with van der Waals surface area (Å²) in [4.78, 5) is 23.6. The molecule has 1 saturated carbocycles. The standard InChI is InChI=1S/C18H26O11/c1-7(20)27-10-4-3-8-9(16(24)25-2)6-26-17(12(8)10)29-18-15(23)14(22)13(21)11(5-19)28-18/h6,8,10-15,17-19,21-23H,3-5H2,1-2H3/t8-,10?,11-,12?,13-,14+,15-,17+,18+/m1/s1. The Kier molecular flexibility index (Phi) is 6.76. The fraction of sp³-hybridized carbons (Fsp3) is 0.778. The summed E-state index contributed by atoms with van der Waals surface area (Å²) in [5.41, 5.74) is 0.279. The monoisotopic (exact) mass is 418 g/mol. The van der Waals surface area contributed by atoms with E-state index in [1.165, 1.54) is 20.3 Å². The van der Waals surface area contributed by atoms with Gasteiger partial charge in [0.2, 0.25) is 6.29 Å². The third kappa shape index (κ3) is 4.25. The Hall–Kier alpha value is -1.76. The zero-order chi connectivity index (χ0) is 21.3. The lowest BCUT2D eigenvalue weighted by Crippen LogP contribution is -2.60. The topological polar surface area (TPSA) is 161 Å². The lowest BCUT2D eigenvalue weighted by Gasteiger charge is -2.43. The van der Waals surface area contributed by atoms with Gasteiger partial charge in [-0.25, -0.2) is 4.79 Å². The molecule has 1 aliphatic carbocycles. The molecule has 0 aromatic carbocycles. The third-order valence-corrected chi connectivity index (χ3v) is 5.55. The van der Waals surface area contributed by atoms with Gasteiger partial charge in [0.1, 0.15) is 30.5 Å². The van der Waals surface area contributed by atoms with Gasteiger partial charge in [-0.2, -0.15) is 0 Å². The zero-order valence-electron chi connectivity index (χ0n) is 16.0. The molecule has 0 aromatic heterocycles. The van der Waals surface area contributed by atoms with Gasteiger partial charge >= 0.3 is 11.9 Å². The minimum absolute atomic E-state index is 0.279. The van der Waals surface area contributed by atoms with Crippen LogP contribution < -0.4 is 0 Å². The first-order valence-corrected chi connectivity index (χ1v) is 9.35. The van der Waals surface area contributed by atoms with Crippen molar-refractivity contribution in [1.29, 1.82) is 0 Å². The van der Waals surface area contributed by atoms with E-state index in [-0.39, 0.29) is 11.5 Å². The van der Waals surface area contributed by atoms with Gasteiger partial charge in [-0.05, 0) is 12.8 Å². The normalized spacial score (nSPS) is 41.7. The minimum Gasteiger partial charge on any atom is -0.471 e. The van der Waals surface area contributed by atoms with Crippen LogP contribution in [0.15, 0.2) is 11.8 Å². The molecule has 29 heavy (non-hydrogen) atoms. The maximum atomic E-state index is 12.1. The summed E-state index contributed by atoms with van der Waals surface area (Å²) in [7, 11) is 1.24. The van der Waals surface area contributed by atoms with Gasteiger partial charge in [0.25, 0.3) is 0 Å². The molecule has 2 fully saturated rings. The second-order valence-corrected chi connectivity index (χ2v) is 7.31. The summed E-state index contributed by atoms with van der Waals surface area (Å²) in [5, 5.41) is 39.4. The molecule has 4 N–H and O–H groups in total. The number of fused-ring (bicyclic) bond motifs is 1. The summed E-state index contributed by atoms with van der Waals surface area (Å²) in [6, 6.07) is 0. The maximum absolute atomic E-state index is 12.1. The number of carbonyl (C=O) groups excluding carboxylic acids is 2. The number of ether oxygens (including phenoxy) is 5. The molecule has 0 spiro atoms. The highest BCUT2D eigenvalue weighted by Gasteiger charge is 2.53. The van der Waals surface area contributed by atoms with E-state index < -0.39 is 67.6 Å². The largest absolute Gasteiger partial charge is 0.471 e. The Morgan fingerprint density at radius 2 is 1.86 bits per heavy atom. The van der Waals surface area contributed by atoms with Crippen molar-refractivity contribution in [3.8, 4) is 0 Å². The number of rotatable bonds is 5. The Labute approximate surface area is 166 Å². The molecule has 2 aliphatic heterocycles. The Morgan fingerprint density at radius 1 is 1.14 bits per heavy atom. The number of methoxy groups -OCH3 is 1. The van der Waals surface area contributed by atoms with E-state index in [1.807, 2.05) is 0 Å². The number of aliphatic hydroxyl groups excluding tert-OH is 4. The number of aliphatic hydroxyl groups is 4. The number of hydrogen-bond donors (Lipinski definition) is 4. The van der Waals surface area contributed by atoms with E-state index in [9.17, 15) is 30.0 Å². The van der Waals surface area contributed by atoms with E-state index in [1.54, 1.807) is 0 Å². The SMILES string of the molecule is COC(=O)C1=CO[C@@H](O[C@@H]2O[C@H](CO)[C@@H](O)[C@H](O)[C@H]2O)C2C(OC(C)=O)CC[C@H]12. The molecule has 0 bridgehead atoms. The molecular formula is C18H26O11. The average Bonchev–Trinajstić information content (AvgIpc) is 3.11. The fourth-order valence-electron chi connectivity index (χ4n) is 4.14. The van der Waals surface area contributed by atoms with Crippen LogP contribution >= 0.6 is 0 Å². The highest BCUT2D eigenvalue weighted by atomic mass is 16.8. The smallest absolute Gasteiger partial charge is 0.337 e. The van der Waals surface area contributed by atoms with Crippen LogP contribution in [0.1, 0.15) is 19.8 Å². The van der Waals surface area contributed by atoms with Crippen molar-refractivity contribution in [2.24, 2.45) is 11.8 Å². The summed E-state index contributed by atoms with van der Waals surface area (Å²) in [6.07, 6.45) is -6.84. The molecule has 1 saturated heterocycles. The van der Waals surface area contributed by atoms with E-state index in [0.717, 1.165) is 0 Å². The number of esters is 2. The van der Waals surface area contributed by atoms with Crippen LogP contribution in [-0.4, -0.2) is 89.2 Å². The van der Waals surface area contributed by atoms with Gasteiger partial charge in [-0.15, -0.1) is 0 Å². The first-order valence-electron chi connectivity index (χ1n) is 9.35. The van der Waals surface area contributed by atoms with Gasteiger partial charge in [-0.1, -0.05) is 0 Å². The average molecular weight is 418 g/mol. The summed E-state index contributed by atoms with van der Waals surface area (Å²) >= 11 is 0. The Bertz CT molecular complexity index is 648. The highest BCUT2D eigenvalue weighted by molar-refractivity contribution is 5.89.